The highest BCUT2D eigenvalue weighted by Crippen LogP contribution is 2.25. The van der Waals surface area contributed by atoms with E-state index in [1.54, 1.807) is 25.3 Å². The maximum Gasteiger partial charge on any atom is 0.284 e. The third-order valence-corrected chi connectivity index (χ3v) is 3.45. The van der Waals surface area contributed by atoms with Crippen LogP contribution in [0.25, 0.3) is 0 Å². The zero-order valence-corrected chi connectivity index (χ0v) is 13.1. The first kappa shape index (κ1) is 15.8. The fourth-order valence-electron chi connectivity index (χ4n) is 2.30. The molecule has 0 unspecified atom stereocenters. The summed E-state index contributed by atoms with van der Waals surface area (Å²) in [6.07, 6.45) is 2.50. The first-order valence-corrected chi connectivity index (χ1v) is 7.03. The second-order valence-electron chi connectivity index (χ2n) is 4.89. The van der Waals surface area contributed by atoms with Gasteiger partial charge in [0.05, 0.1) is 12.8 Å². The number of aromatic nitrogens is 2. The second kappa shape index (κ2) is 6.93. The van der Waals surface area contributed by atoms with Crippen LogP contribution in [-0.2, 0) is 6.42 Å². The Morgan fingerprint density at radius 2 is 2.00 bits per heavy atom. The molecule has 116 valence electrons. The molecule has 0 fully saturated rings. The van der Waals surface area contributed by atoms with Crippen molar-refractivity contribution in [2.24, 2.45) is 0 Å². The molecule has 0 bridgehead atoms. The Bertz CT molecular complexity index is 689. The summed E-state index contributed by atoms with van der Waals surface area (Å²) in [6, 6.07) is 7.21. The number of carbonyl (C=O) groups excluding carboxylic acids is 1. The van der Waals surface area contributed by atoms with Gasteiger partial charge in [0.25, 0.3) is 5.91 Å². The van der Waals surface area contributed by atoms with Crippen molar-refractivity contribution in [3.63, 3.8) is 0 Å². The van der Waals surface area contributed by atoms with Crippen molar-refractivity contribution in [2.45, 2.75) is 20.3 Å². The molecule has 1 aromatic heterocycles. The van der Waals surface area contributed by atoms with E-state index in [2.05, 4.69) is 11.7 Å². The predicted molar refractivity (Wildman–Crippen MR) is 84.7 cm³/mol. The molecule has 0 saturated heterocycles. The number of nitrogens with zero attached hydrogens (tertiary/aromatic N) is 2. The number of methoxy groups -OCH3 is 1. The van der Waals surface area contributed by atoms with Crippen molar-refractivity contribution in [1.82, 2.24) is 9.78 Å². The summed E-state index contributed by atoms with van der Waals surface area (Å²) >= 11 is 0. The molecule has 1 aromatic carbocycles. The molecule has 0 amide bonds. The first-order valence-electron chi connectivity index (χ1n) is 7.03. The van der Waals surface area contributed by atoms with E-state index in [9.17, 15) is 4.79 Å². The smallest absolute Gasteiger partial charge is 0.284 e. The van der Waals surface area contributed by atoms with Crippen LogP contribution in [-0.4, -0.2) is 29.4 Å². The van der Waals surface area contributed by atoms with Gasteiger partial charge in [0.2, 0.25) is 0 Å². The van der Waals surface area contributed by atoms with Gasteiger partial charge >= 0.3 is 0 Å². The van der Waals surface area contributed by atoms with Gasteiger partial charge in [0, 0.05) is 11.3 Å². The van der Waals surface area contributed by atoms with Gasteiger partial charge in [-0.05, 0) is 32.4 Å². The molecule has 0 spiro atoms. The number of carbonyl (C=O) groups is 1. The van der Waals surface area contributed by atoms with Crippen molar-refractivity contribution in [2.75, 3.05) is 13.7 Å². The number of allylic oxidation sites excluding steroid dienone is 1. The highest BCUT2D eigenvalue weighted by Gasteiger charge is 2.16. The zero-order chi connectivity index (χ0) is 16.1. The maximum absolute atomic E-state index is 12.3. The monoisotopic (exact) mass is 300 g/mol. The molecule has 5 nitrogen and oxygen atoms in total. The molecule has 5 heteroatoms. The van der Waals surface area contributed by atoms with Crippen molar-refractivity contribution in [3.8, 4) is 11.5 Å². The fraction of sp³-hybridized carbons (Fsp3) is 0.294. The summed E-state index contributed by atoms with van der Waals surface area (Å²) in [5.41, 5.74) is 2.69. The maximum atomic E-state index is 12.3. The summed E-state index contributed by atoms with van der Waals surface area (Å²) in [7, 11) is 1.56. The molecule has 0 atom stereocenters. The van der Waals surface area contributed by atoms with Crippen molar-refractivity contribution in [3.05, 3.63) is 53.9 Å². The van der Waals surface area contributed by atoms with Crippen LogP contribution in [0.5, 0.6) is 11.5 Å². The van der Waals surface area contributed by atoms with Crippen LogP contribution in [0.4, 0.5) is 0 Å². The van der Waals surface area contributed by atoms with Gasteiger partial charge in [-0.1, -0.05) is 18.2 Å². The highest BCUT2D eigenvalue weighted by atomic mass is 16.5. The topological polar surface area (TPSA) is 53.4 Å². The van der Waals surface area contributed by atoms with Gasteiger partial charge in [-0.3, -0.25) is 4.79 Å². The third-order valence-electron chi connectivity index (χ3n) is 3.45. The minimum atomic E-state index is -0.221. The Morgan fingerprint density at radius 3 is 2.64 bits per heavy atom. The quantitative estimate of drug-likeness (QED) is 0.770. The summed E-state index contributed by atoms with van der Waals surface area (Å²) < 4.78 is 12.1. The molecule has 0 aliphatic rings. The molecule has 2 aromatic rings. The summed E-state index contributed by atoms with van der Waals surface area (Å²) in [5, 5.41) is 4.29. The molecular weight excluding hydrogens is 280 g/mol. The molecule has 2 rings (SSSR count). The van der Waals surface area contributed by atoms with Crippen molar-refractivity contribution < 1.29 is 14.3 Å². The number of rotatable bonds is 6. The van der Waals surface area contributed by atoms with Crippen LogP contribution in [0.2, 0.25) is 0 Å². The predicted octanol–water partition coefficient (Wildman–Crippen LogP) is 2.96. The lowest BCUT2D eigenvalue weighted by Gasteiger charge is -2.10. The Kier molecular flexibility index (Phi) is 4.99. The van der Waals surface area contributed by atoms with E-state index in [1.807, 2.05) is 26.0 Å². The number of benzene rings is 1. The molecule has 0 aliphatic heterocycles. The summed E-state index contributed by atoms with van der Waals surface area (Å²) in [5.74, 6) is 0.907. The summed E-state index contributed by atoms with van der Waals surface area (Å²) in [6.45, 7) is 7.39. The van der Waals surface area contributed by atoms with Gasteiger partial charge in [0.15, 0.2) is 18.1 Å². The Hall–Kier alpha value is -2.56. The second-order valence-corrected chi connectivity index (χ2v) is 4.89. The van der Waals surface area contributed by atoms with Crippen molar-refractivity contribution in [1.29, 1.82) is 0 Å². The minimum absolute atomic E-state index is 0.101. The van der Waals surface area contributed by atoms with Gasteiger partial charge < -0.3 is 9.47 Å². The third kappa shape index (κ3) is 3.19. The fourth-order valence-corrected chi connectivity index (χ4v) is 2.30. The van der Waals surface area contributed by atoms with Crippen LogP contribution in [0, 0.1) is 13.8 Å². The van der Waals surface area contributed by atoms with Gasteiger partial charge in [-0.2, -0.15) is 5.10 Å². The average molecular weight is 300 g/mol. The van der Waals surface area contributed by atoms with E-state index in [4.69, 9.17) is 9.47 Å². The average Bonchev–Trinajstić information content (AvgIpc) is 2.81. The minimum Gasteiger partial charge on any atom is -0.493 e. The lowest BCUT2D eigenvalue weighted by molar-refractivity contribution is 0.0816. The number of hydrogen-bond donors (Lipinski definition) is 0. The molecule has 0 aliphatic carbocycles. The number of aryl methyl sites for hydroxylation is 1. The van der Waals surface area contributed by atoms with E-state index >= 15 is 0 Å². The Morgan fingerprint density at radius 1 is 1.32 bits per heavy atom. The lowest BCUT2D eigenvalue weighted by atomic mass is 10.1. The SMILES string of the molecule is C=CCc1c(C)nn(C(=O)COc2ccccc2OC)c1C. The van der Waals surface area contributed by atoms with Gasteiger partial charge in [-0.15, -0.1) is 6.58 Å². The lowest BCUT2D eigenvalue weighted by Crippen LogP contribution is -2.22. The van der Waals surface area contributed by atoms with E-state index in [0.717, 1.165) is 17.0 Å². The molecule has 22 heavy (non-hydrogen) atoms. The van der Waals surface area contributed by atoms with Crippen LogP contribution in [0.3, 0.4) is 0 Å². The Balaban J connectivity index is 2.13. The van der Waals surface area contributed by atoms with E-state index in [-0.39, 0.29) is 12.5 Å². The van der Waals surface area contributed by atoms with E-state index < -0.39 is 0 Å². The van der Waals surface area contributed by atoms with Crippen LogP contribution < -0.4 is 9.47 Å². The number of hydrogen-bond acceptors (Lipinski definition) is 4. The molecule has 0 radical (unpaired) electrons. The Labute approximate surface area is 130 Å². The van der Waals surface area contributed by atoms with E-state index in [1.165, 1.54) is 4.68 Å². The van der Waals surface area contributed by atoms with Crippen LogP contribution in [0.15, 0.2) is 36.9 Å². The summed E-state index contributed by atoms with van der Waals surface area (Å²) in [4.78, 5) is 12.3. The van der Waals surface area contributed by atoms with Crippen molar-refractivity contribution >= 4 is 5.91 Å². The number of para-hydroxylation sites is 2. The largest absolute Gasteiger partial charge is 0.493 e. The standard InChI is InChI=1S/C17H20N2O3/c1-5-8-14-12(2)18-19(13(14)3)17(20)11-22-16-10-7-6-9-15(16)21-4/h5-7,9-10H,1,8,11H2,2-4H3. The molecule has 1 heterocycles. The molecular formula is C17H20N2O3. The molecule has 0 saturated carbocycles. The van der Waals surface area contributed by atoms with Crippen LogP contribution >= 0.6 is 0 Å². The normalized spacial score (nSPS) is 10.3. The number of ether oxygens (including phenoxy) is 2. The van der Waals surface area contributed by atoms with Gasteiger partial charge in [-0.25, -0.2) is 4.68 Å². The van der Waals surface area contributed by atoms with Gasteiger partial charge in [0.1, 0.15) is 0 Å². The zero-order valence-electron chi connectivity index (χ0n) is 13.1. The first-order chi connectivity index (χ1) is 10.6. The van der Waals surface area contributed by atoms with Crippen LogP contribution in [0.1, 0.15) is 21.7 Å². The van der Waals surface area contributed by atoms with E-state index in [0.29, 0.717) is 17.9 Å². The molecule has 0 N–H and O–H groups in total. The highest BCUT2D eigenvalue weighted by molar-refractivity contribution is 5.80.